The molecule has 6 heterocycles. The molecule has 2 saturated heterocycles. The number of piperidine rings is 1. The number of aryl methyl sites for hydroxylation is 1. The summed E-state index contributed by atoms with van der Waals surface area (Å²) in [4.78, 5) is 11.5. The van der Waals surface area contributed by atoms with E-state index in [2.05, 4.69) is 25.2 Å². The Hall–Kier alpha value is -4.20. The van der Waals surface area contributed by atoms with Gasteiger partial charge in [0.1, 0.15) is 35.5 Å². The summed E-state index contributed by atoms with van der Waals surface area (Å²) < 4.78 is 28.3. The zero-order valence-corrected chi connectivity index (χ0v) is 23.6. The minimum absolute atomic E-state index is 0.123. The lowest BCUT2D eigenvalue weighted by Crippen LogP contribution is -2.52. The van der Waals surface area contributed by atoms with Gasteiger partial charge in [-0.25, -0.2) is 8.91 Å². The van der Waals surface area contributed by atoms with Gasteiger partial charge in [-0.2, -0.15) is 15.3 Å². The summed E-state index contributed by atoms with van der Waals surface area (Å²) in [7, 11) is 1.84. The number of aliphatic hydroxyl groups is 1. The Balaban J connectivity index is 1.29. The number of nitrogens with two attached hydrogens (primary N) is 1. The molecular formula is C29H34FN9O3. The molecule has 2 aliphatic heterocycles. The largest absolute Gasteiger partial charge is 0.488 e. The molecule has 0 aromatic carbocycles. The van der Waals surface area contributed by atoms with Crippen LogP contribution < -0.4 is 10.6 Å². The lowest BCUT2D eigenvalue weighted by molar-refractivity contribution is -0.0709. The summed E-state index contributed by atoms with van der Waals surface area (Å²) in [6.45, 7) is 5.40. The Kier molecular flexibility index (Phi) is 7.96. The zero-order valence-electron chi connectivity index (χ0n) is 23.6. The van der Waals surface area contributed by atoms with Gasteiger partial charge in [0.2, 0.25) is 0 Å². The second-order valence-corrected chi connectivity index (χ2v) is 10.7. The first-order chi connectivity index (χ1) is 20.4. The van der Waals surface area contributed by atoms with Crippen LogP contribution in [-0.2, 0) is 11.8 Å². The molecule has 4 aromatic rings. The van der Waals surface area contributed by atoms with Crippen LogP contribution in [0.3, 0.4) is 0 Å². The van der Waals surface area contributed by atoms with Crippen LogP contribution in [0, 0.1) is 5.82 Å². The molecule has 0 spiro atoms. The van der Waals surface area contributed by atoms with Crippen molar-refractivity contribution >= 4 is 16.9 Å². The minimum atomic E-state index is -1.08. The lowest BCUT2D eigenvalue weighted by atomic mass is 10.0. The molecule has 6 rings (SSSR count). The third-order valence-electron chi connectivity index (χ3n) is 7.84. The number of hydrogen-bond acceptors (Lipinski definition) is 10. The number of aliphatic imine (C=N–C) groups is 1. The van der Waals surface area contributed by atoms with E-state index in [1.807, 2.05) is 32.4 Å². The van der Waals surface area contributed by atoms with Crippen LogP contribution in [0.25, 0.3) is 16.6 Å². The molecule has 12 nitrogen and oxygen atoms in total. The van der Waals surface area contributed by atoms with E-state index in [1.165, 1.54) is 12.1 Å². The van der Waals surface area contributed by atoms with Crippen molar-refractivity contribution < 1.29 is 19.0 Å². The molecule has 0 saturated carbocycles. The van der Waals surface area contributed by atoms with Gasteiger partial charge in [0.25, 0.3) is 0 Å². The maximum atomic E-state index is 13.4. The average molecular weight is 576 g/mol. The predicted molar refractivity (Wildman–Crippen MR) is 155 cm³/mol. The number of fused-ring (bicyclic) bond motifs is 1. The minimum Gasteiger partial charge on any atom is -0.488 e. The summed E-state index contributed by atoms with van der Waals surface area (Å²) in [5.74, 6) is 5.90. The Morgan fingerprint density at radius 2 is 2.00 bits per heavy atom. The number of rotatable bonds is 9. The highest BCUT2D eigenvalue weighted by molar-refractivity contribution is 6.47. The highest BCUT2D eigenvalue weighted by atomic mass is 19.1. The number of aromatic nitrogens is 5. The molecule has 2 fully saturated rings. The number of aliphatic hydroxyl groups excluding tert-OH is 1. The Morgan fingerprint density at radius 1 is 1.19 bits per heavy atom. The number of nitrogens with zero attached hydrogens (tertiary/aromatic N) is 8. The number of hydrazone groups is 1. The smallest absolute Gasteiger partial charge is 0.146 e. The van der Waals surface area contributed by atoms with Gasteiger partial charge in [0.05, 0.1) is 55.3 Å². The van der Waals surface area contributed by atoms with E-state index < -0.39 is 11.9 Å². The molecule has 220 valence electrons. The highest BCUT2D eigenvalue weighted by Gasteiger charge is 2.30. The third kappa shape index (κ3) is 5.75. The van der Waals surface area contributed by atoms with Gasteiger partial charge in [-0.05, 0) is 38.0 Å². The van der Waals surface area contributed by atoms with Crippen LogP contribution in [-0.4, -0.2) is 90.8 Å². The molecule has 3 N–H and O–H groups in total. The van der Waals surface area contributed by atoms with Gasteiger partial charge in [-0.3, -0.25) is 19.6 Å². The molecular weight excluding hydrogens is 541 g/mol. The third-order valence-corrected chi connectivity index (χ3v) is 7.84. The lowest BCUT2D eigenvalue weighted by Gasteiger charge is -2.40. The van der Waals surface area contributed by atoms with Crippen LogP contribution >= 0.6 is 0 Å². The van der Waals surface area contributed by atoms with E-state index >= 15 is 0 Å². The molecule has 4 aromatic heterocycles. The van der Waals surface area contributed by atoms with E-state index in [0.717, 1.165) is 62.2 Å². The fourth-order valence-corrected chi connectivity index (χ4v) is 5.46. The van der Waals surface area contributed by atoms with E-state index in [1.54, 1.807) is 21.6 Å². The number of halogens is 1. The molecule has 13 heteroatoms. The maximum absolute atomic E-state index is 13.4. The number of hydrogen-bond donors (Lipinski definition) is 2. The summed E-state index contributed by atoms with van der Waals surface area (Å²) in [6.07, 6.45) is 9.11. The first kappa shape index (κ1) is 27.9. The van der Waals surface area contributed by atoms with Crippen LogP contribution in [0.2, 0.25) is 0 Å². The van der Waals surface area contributed by atoms with Crippen LogP contribution in [0.1, 0.15) is 37.1 Å². The van der Waals surface area contributed by atoms with Gasteiger partial charge < -0.3 is 20.4 Å². The van der Waals surface area contributed by atoms with E-state index in [4.69, 9.17) is 20.3 Å². The van der Waals surface area contributed by atoms with Gasteiger partial charge in [-0.15, -0.1) is 0 Å². The van der Waals surface area contributed by atoms with E-state index in [-0.39, 0.29) is 12.6 Å². The molecule has 0 radical (unpaired) electrons. The molecule has 1 unspecified atom stereocenters. The first-order valence-electron chi connectivity index (χ1n) is 14.0. The van der Waals surface area contributed by atoms with Crippen molar-refractivity contribution in [1.82, 2.24) is 29.3 Å². The summed E-state index contributed by atoms with van der Waals surface area (Å²) in [6, 6.07) is 5.22. The standard InChI is InChI=1S/C29H34FN9O3/c1-18(35-22-5-7-38(8-6-22)23-15-41-16-23)28(36-31)19-9-27(42-17-26(40)25-4-3-21(30)11-32-25)29-24(12-34-39(29)14-19)20-10-33-37(2)13-20/h3-4,9-14,22-23,26,40H,5-8,15-17,31H2,1-2H3/b35-18?,36-28+. The monoisotopic (exact) mass is 575 g/mol. The zero-order chi connectivity index (χ0) is 29.2. The first-order valence-corrected chi connectivity index (χ1v) is 14.0. The molecule has 2 aliphatic rings. The Labute approximate surface area is 242 Å². The summed E-state index contributed by atoms with van der Waals surface area (Å²) in [5, 5.41) is 23.7. The maximum Gasteiger partial charge on any atom is 0.146 e. The van der Waals surface area contributed by atoms with Gasteiger partial charge in [-0.1, -0.05) is 0 Å². The molecule has 0 bridgehead atoms. The molecule has 0 amide bonds. The quantitative estimate of drug-likeness (QED) is 0.176. The van der Waals surface area contributed by atoms with Gasteiger partial charge in [0.15, 0.2) is 0 Å². The Bertz CT molecular complexity index is 1600. The molecule has 1 atom stereocenters. The number of ether oxygens (including phenoxy) is 2. The van der Waals surface area contributed by atoms with Crippen molar-refractivity contribution in [3.8, 4) is 16.9 Å². The topological polar surface area (TPSA) is 141 Å². The van der Waals surface area contributed by atoms with Crippen molar-refractivity contribution in [2.45, 2.75) is 38.0 Å². The van der Waals surface area contributed by atoms with Crippen molar-refractivity contribution in [2.24, 2.45) is 23.0 Å². The Morgan fingerprint density at radius 3 is 2.64 bits per heavy atom. The normalized spacial score (nSPS) is 18.4. The van der Waals surface area contributed by atoms with E-state index in [9.17, 15) is 9.50 Å². The highest BCUT2D eigenvalue weighted by Crippen LogP contribution is 2.33. The summed E-state index contributed by atoms with van der Waals surface area (Å²) >= 11 is 0. The fourth-order valence-electron chi connectivity index (χ4n) is 5.46. The second kappa shape index (κ2) is 12.0. The van der Waals surface area contributed by atoms with Crippen LogP contribution in [0.15, 0.2) is 59.3 Å². The van der Waals surface area contributed by atoms with Crippen molar-refractivity contribution in [2.75, 3.05) is 32.9 Å². The number of likely N-dealkylation sites (tertiary alicyclic amines) is 1. The van der Waals surface area contributed by atoms with Crippen molar-refractivity contribution in [3.05, 3.63) is 66.3 Å². The van der Waals surface area contributed by atoms with Crippen molar-refractivity contribution in [3.63, 3.8) is 0 Å². The van der Waals surface area contributed by atoms with E-state index in [0.29, 0.717) is 34.3 Å². The van der Waals surface area contributed by atoms with Gasteiger partial charge in [0, 0.05) is 49.2 Å². The fraction of sp³-hybridized carbons (Fsp3) is 0.414. The van der Waals surface area contributed by atoms with Crippen LogP contribution in [0.4, 0.5) is 4.39 Å². The van der Waals surface area contributed by atoms with Crippen LogP contribution in [0.5, 0.6) is 5.75 Å². The second-order valence-electron chi connectivity index (χ2n) is 10.7. The van der Waals surface area contributed by atoms with Crippen molar-refractivity contribution in [1.29, 1.82) is 0 Å². The average Bonchev–Trinajstić information content (AvgIpc) is 3.58. The SMILES string of the molecule is CC(=NC1CCN(C2COC2)CC1)/C(=N\N)c1cc(OCC(O)c2ccc(F)cn2)c2c(-c3cnn(C)c3)cnn2c1. The van der Waals surface area contributed by atoms with Gasteiger partial charge >= 0.3 is 0 Å². The predicted octanol–water partition coefficient (Wildman–Crippen LogP) is 2.37. The number of pyridine rings is 2. The summed E-state index contributed by atoms with van der Waals surface area (Å²) in [5.41, 5.74) is 4.56. The molecule has 0 aliphatic carbocycles. The molecule has 42 heavy (non-hydrogen) atoms.